The van der Waals surface area contributed by atoms with Crippen LogP contribution in [0.5, 0.6) is 0 Å². The quantitative estimate of drug-likeness (QED) is 0.641. The summed E-state index contributed by atoms with van der Waals surface area (Å²) >= 11 is 4.51. The molecule has 0 aliphatic heterocycles. The highest BCUT2D eigenvalue weighted by atomic mass is 32.1. The summed E-state index contributed by atoms with van der Waals surface area (Å²) in [6.07, 6.45) is 1.26. The summed E-state index contributed by atoms with van der Waals surface area (Å²) in [5.41, 5.74) is 1.09. The molecule has 5 heteroatoms. The van der Waals surface area contributed by atoms with Gasteiger partial charge >= 0.3 is 0 Å². The number of thiocarbonyl (C=S) groups is 1. The van der Waals surface area contributed by atoms with E-state index in [0.29, 0.717) is 11.3 Å². The minimum absolute atomic E-state index is 0.155. The van der Waals surface area contributed by atoms with Gasteiger partial charge in [-0.2, -0.15) is 0 Å². The van der Waals surface area contributed by atoms with Crippen molar-refractivity contribution in [2.24, 2.45) is 4.99 Å². The molecule has 0 saturated carbocycles. The van der Waals surface area contributed by atoms with Crippen molar-refractivity contribution in [2.45, 2.75) is 6.92 Å². The molecule has 0 aliphatic rings. The van der Waals surface area contributed by atoms with Crippen LogP contribution in [-0.2, 0) is 4.79 Å². The summed E-state index contributed by atoms with van der Waals surface area (Å²) in [7, 11) is 0. The van der Waals surface area contributed by atoms with Crippen LogP contribution in [0.1, 0.15) is 17.3 Å². The number of hydrogen-bond acceptors (Lipinski definition) is 3. The highest BCUT2D eigenvalue weighted by Crippen LogP contribution is 2.10. The molecule has 82 valence electrons. The van der Waals surface area contributed by atoms with Crippen molar-refractivity contribution in [3.8, 4) is 0 Å². The van der Waals surface area contributed by atoms with Crippen LogP contribution >= 0.6 is 12.2 Å². The van der Waals surface area contributed by atoms with Gasteiger partial charge in [0.05, 0.1) is 0 Å². The van der Waals surface area contributed by atoms with Crippen LogP contribution in [0, 0.1) is 0 Å². The van der Waals surface area contributed by atoms with Crippen LogP contribution in [0.3, 0.4) is 0 Å². The van der Waals surface area contributed by atoms with Crippen molar-refractivity contribution >= 4 is 41.3 Å². The number of nitrogens with one attached hydrogen (secondary N) is 1. The molecular formula is C11H10N2O2S. The van der Waals surface area contributed by atoms with Crippen molar-refractivity contribution in [2.75, 3.05) is 5.32 Å². The second-order valence-corrected chi connectivity index (χ2v) is 3.25. The smallest absolute Gasteiger partial charge is 0.276 e. The zero-order valence-electron chi connectivity index (χ0n) is 8.64. The van der Waals surface area contributed by atoms with E-state index in [4.69, 9.17) is 0 Å². The lowest BCUT2D eigenvalue weighted by molar-refractivity contribution is -0.114. The van der Waals surface area contributed by atoms with E-state index in [1.807, 2.05) is 0 Å². The molecule has 2 amide bonds. The second kappa shape index (κ2) is 5.87. The van der Waals surface area contributed by atoms with Crippen LogP contribution < -0.4 is 5.32 Å². The maximum Gasteiger partial charge on any atom is 0.276 e. The van der Waals surface area contributed by atoms with Crippen LogP contribution in [0.4, 0.5) is 5.69 Å². The van der Waals surface area contributed by atoms with Crippen LogP contribution in [0.25, 0.3) is 0 Å². The molecule has 0 aromatic heterocycles. The Kier molecular flexibility index (Phi) is 4.47. The highest BCUT2D eigenvalue weighted by Gasteiger charge is 2.02. The summed E-state index contributed by atoms with van der Waals surface area (Å²) in [4.78, 5) is 25.7. The Morgan fingerprint density at radius 3 is 2.44 bits per heavy atom. The lowest BCUT2D eigenvalue weighted by Crippen LogP contribution is -2.05. The largest absolute Gasteiger partial charge is 0.326 e. The third-order valence-corrected chi connectivity index (χ3v) is 1.83. The summed E-state index contributed by atoms with van der Waals surface area (Å²) in [5, 5.41) is 3.87. The van der Waals surface area contributed by atoms with E-state index in [1.54, 1.807) is 24.3 Å². The first kappa shape index (κ1) is 12.2. The first-order valence-electron chi connectivity index (χ1n) is 4.53. The summed E-state index contributed by atoms with van der Waals surface area (Å²) in [5.74, 6) is -0.520. The zero-order valence-corrected chi connectivity index (χ0v) is 9.45. The lowest BCUT2D eigenvalue weighted by Gasteiger charge is -2.01. The van der Waals surface area contributed by atoms with Crippen molar-refractivity contribution in [3.63, 3.8) is 0 Å². The molecule has 16 heavy (non-hydrogen) atoms. The van der Waals surface area contributed by atoms with Gasteiger partial charge in [-0.1, -0.05) is 12.2 Å². The third kappa shape index (κ3) is 3.70. The van der Waals surface area contributed by atoms with E-state index < -0.39 is 0 Å². The summed E-state index contributed by atoms with van der Waals surface area (Å²) in [6, 6.07) is 6.46. The SMILES string of the molecule is CC(=O)Nc1ccc(C(=O)N=CC=S)cc1. The molecule has 0 fully saturated rings. The predicted molar refractivity (Wildman–Crippen MR) is 67.2 cm³/mol. The molecule has 4 nitrogen and oxygen atoms in total. The molecule has 0 atom stereocenters. The van der Waals surface area contributed by atoms with Gasteiger partial charge in [-0.3, -0.25) is 9.59 Å². The molecule has 1 rings (SSSR count). The number of nitrogens with zero attached hydrogens (tertiary/aromatic N) is 1. The van der Waals surface area contributed by atoms with E-state index in [2.05, 4.69) is 22.5 Å². The topological polar surface area (TPSA) is 58.5 Å². The van der Waals surface area contributed by atoms with Gasteiger partial charge in [0.1, 0.15) is 0 Å². The molecule has 0 unspecified atom stereocenters. The van der Waals surface area contributed by atoms with Gasteiger partial charge in [0.15, 0.2) is 0 Å². The van der Waals surface area contributed by atoms with Crippen molar-refractivity contribution < 1.29 is 9.59 Å². The van der Waals surface area contributed by atoms with E-state index in [9.17, 15) is 9.59 Å². The number of benzene rings is 1. The average Bonchev–Trinajstić information content (AvgIpc) is 2.26. The van der Waals surface area contributed by atoms with Gasteiger partial charge in [-0.25, -0.2) is 4.99 Å². The Bertz CT molecular complexity index is 438. The Hall–Kier alpha value is -1.88. The maximum absolute atomic E-state index is 11.4. The predicted octanol–water partition coefficient (Wildman–Crippen LogP) is 1.86. The van der Waals surface area contributed by atoms with Crippen LogP contribution in [0.2, 0.25) is 0 Å². The number of carbonyl (C=O) groups is 2. The van der Waals surface area contributed by atoms with E-state index in [-0.39, 0.29) is 11.8 Å². The van der Waals surface area contributed by atoms with Gasteiger partial charge in [0.25, 0.3) is 5.91 Å². The number of carbonyl (C=O) groups excluding carboxylic acids is 2. The normalized spacial score (nSPS) is 10.1. The Labute approximate surface area is 98.4 Å². The molecule has 1 aromatic rings. The van der Waals surface area contributed by atoms with Gasteiger partial charge < -0.3 is 5.32 Å². The minimum atomic E-state index is -0.365. The Morgan fingerprint density at radius 2 is 1.94 bits per heavy atom. The fourth-order valence-corrected chi connectivity index (χ4v) is 1.13. The lowest BCUT2D eigenvalue weighted by atomic mass is 10.2. The summed E-state index contributed by atoms with van der Waals surface area (Å²) < 4.78 is 0. The third-order valence-electron chi connectivity index (χ3n) is 1.70. The minimum Gasteiger partial charge on any atom is -0.326 e. The fourth-order valence-electron chi connectivity index (χ4n) is 1.07. The van der Waals surface area contributed by atoms with Gasteiger partial charge in [-0.05, 0) is 24.3 Å². The Morgan fingerprint density at radius 1 is 1.31 bits per heavy atom. The van der Waals surface area contributed by atoms with Gasteiger partial charge in [0, 0.05) is 29.8 Å². The van der Waals surface area contributed by atoms with Gasteiger partial charge in [-0.15, -0.1) is 0 Å². The highest BCUT2D eigenvalue weighted by molar-refractivity contribution is 7.80. The first-order chi connectivity index (χ1) is 7.63. The fraction of sp³-hybridized carbons (Fsp3) is 0.0909. The monoisotopic (exact) mass is 234 g/mol. The number of hydrogen-bond donors (Lipinski definition) is 1. The molecule has 1 N–H and O–H groups in total. The van der Waals surface area contributed by atoms with Crippen LogP contribution in [-0.4, -0.2) is 23.4 Å². The summed E-state index contributed by atoms with van der Waals surface area (Å²) in [6.45, 7) is 1.42. The molecule has 0 bridgehead atoms. The number of amides is 2. The second-order valence-electron chi connectivity index (χ2n) is 2.98. The van der Waals surface area contributed by atoms with Gasteiger partial charge in [0.2, 0.25) is 5.91 Å². The standard InChI is InChI=1S/C11H10N2O2S/c1-8(14)13-10-4-2-9(3-5-10)11(15)12-6-7-16/h2-7H,1H3,(H,13,14). The first-order valence-corrected chi connectivity index (χ1v) is 5.00. The average molecular weight is 234 g/mol. The zero-order chi connectivity index (χ0) is 12.0. The van der Waals surface area contributed by atoms with E-state index in [1.165, 1.54) is 18.5 Å². The van der Waals surface area contributed by atoms with E-state index in [0.717, 1.165) is 0 Å². The molecule has 0 spiro atoms. The maximum atomic E-state index is 11.4. The van der Waals surface area contributed by atoms with Crippen molar-refractivity contribution in [1.82, 2.24) is 0 Å². The number of anilines is 1. The molecule has 0 heterocycles. The molecule has 1 aromatic carbocycles. The Balaban J connectivity index is 2.78. The number of aliphatic imine (C=N–C) groups is 1. The van der Waals surface area contributed by atoms with Crippen molar-refractivity contribution in [1.29, 1.82) is 0 Å². The molecule has 0 saturated heterocycles. The van der Waals surface area contributed by atoms with Crippen LogP contribution in [0.15, 0.2) is 29.3 Å². The van der Waals surface area contributed by atoms with E-state index >= 15 is 0 Å². The number of rotatable bonds is 3. The molecule has 0 aliphatic carbocycles. The van der Waals surface area contributed by atoms with Crippen molar-refractivity contribution in [3.05, 3.63) is 29.8 Å². The molecule has 0 radical (unpaired) electrons. The molecular weight excluding hydrogens is 224 g/mol.